The summed E-state index contributed by atoms with van der Waals surface area (Å²) < 4.78 is 0. The molecule has 0 aliphatic rings. The van der Waals surface area contributed by atoms with Crippen molar-refractivity contribution in [2.75, 3.05) is 0 Å². The van der Waals surface area contributed by atoms with Gasteiger partial charge in [0, 0.05) is 10.3 Å². The molecule has 0 unspecified atom stereocenters. The number of benzene rings is 1. The molecule has 0 saturated heterocycles. The van der Waals surface area contributed by atoms with Crippen LogP contribution in [0.25, 0.3) is 10.4 Å². The second-order valence-corrected chi connectivity index (χ2v) is 4.17. The predicted octanol–water partition coefficient (Wildman–Crippen LogP) is 3.83. The number of rotatable bonds is 1. The van der Waals surface area contributed by atoms with Crippen molar-refractivity contribution in [1.82, 2.24) is 0 Å². The summed E-state index contributed by atoms with van der Waals surface area (Å²) in [5.74, 6) is 0. The monoisotopic (exact) mass is 187 g/mol. The molecule has 1 heterocycles. The van der Waals surface area contributed by atoms with E-state index in [4.69, 9.17) is 0 Å². The molecule has 0 aliphatic carbocycles. The number of aryl methyl sites for hydroxylation is 2. The molecule has 0 fully saturated rings. The lowest BCUT2D eigenvalue weighted by atomic mass is 10.1. The average Bonchev–Trinajstić information content (AvgIpc) is 2.53. The van der Waals surface area contributed by atoms with Crippen LogP contribution in [0.1, 0.15) is 11.1 Å². The molecule has 0 atom stereocenters. The van der Waals surface area contributed by atoms with Crippen LogP contribution in [-0.4, -0.2) is 0 Å². The Balaban J connectivity index is 2.53. The van der Waals surface area contributed by atoms with Gasteiger partial charge in [-0.25, -0.2) is 0 Å². The molecule has 0 aliphatic heterocycles. The molecular formula is C12H11S. The van der Waals surface area contributed by atoms with Crippen LogP contribution in [0, 0.1) is 19.2 Å². The lowest BCUT2D eigenvalue weighted by Gasteiger charge is -2.01. The molecule has 0 bridgehead atoms. The van der Waals surface area contributed by atoms with Gasteiger partial charge in [0.1, 0.15) is 0 Å². The van der Waals surface area contributed by atoms with Crippen LogP contribution in [0.15, 0.2) is 30.3 Å². The molecule has 0 amide bonds. The van der Waals surface area contributed by atoms with Gasteiger partial charge in [-0.15, -0.1) is 11.3 Å². The first-order chi connectivity index (χ1) is 6.25. The highest BCUT2D eigenvalue weighted by Gasteiger charge is 1.99. The lowest BCUT2D eigenvalue weighted by Crippen LogP contribution is -1.79. The van der Waals surface area contributed by atoms with E-state index >= 15 is 0 Å². The molecule has 1 radical (unpaired) electrons. The van der Waals surface area contributed by atoms with Gasteiger partial charge in [-0.1, -0.05) is 29.3 Å². The fraction of sp³-hybridized carbons (Fsp3) is 0.167. The van der Waals surface area contributed by atoms with Crippen molar-refractivity contribution in [3.63, 3.8) is 0 Å². The van der Waals surface area contributed by atoms with Gasteiger partial charge in [0.15, 0.2) is 0 Å². The summed E-state index contributed by atoms with van der Waals surface area (Å²) in [4.78, 5) is 1.30. The highest BCUT2D eigenvalue weighted by atomic mass is 32.1. The number of hydrogen-bond acceptors (Lipinski definition) is 1. The highest BCUT2D eigenvalue weighted by Crippen LogP contribution is 2.25. The molecule has 0 spiro atoms. The van der Waals surface area contributed by atoms with E-state index in [1.165, 1.54) is 21.6 Å². The minimum Gasteiger partial charge on any atom is -0.134 e. The molecule has 1 heteroatoms. The Hall–Kier alpha value is -1.08. The van der Waals surface area contributed by atoms with Crippen LogP contribution in [0.3, 0.4) is 0 Å². The predicted molar refractivity (Wildman–Crippen MR) is 58.1 cm³/mol. The zero-order chi connectivity index (χ0) is 9.26. The minimum absolute atomic E-state index is 1.30. The Bertz CT molecular complexity index is 379. The Labute approximate surface area is 82.9 Å². The van der Waals surface area contributed by atoms with Crippen LogP contribution < -0.4 is 0 Å². The van der Waals surface area contributed by atoms with E-state index in [0.717, 1.165) is 0 Å². The van der Waals surface area contributed by atoms with Crippen molar-refractivity contribution < 1.29 is 0 Å². The summed E-state index contributed by atoms with van der Waals surface area (Å²) in [7, 11) is 0. The van der Waals surface area contributed by atoms with Crippen LogP contribution in [-0.2, 0) is 0 Å². The van der Waals surface area contributed by atoms with Gasteiger partial charge in [-0.2, -0.15) is 0 Å². The Morgan fingerprint density at radius 1 is 1.08 bits per heavy atom. The molecule has 65 valence electrons. The van der Waals surface area contributed by atoms with Gasteiger partial charge in [0.05, 0.1) is 0 Å². The smallest absolute Gasteiger partial charge is 0.0449 e. The maximum Gasteiger partial charge on any atom is 0.0449 e. The van der Waals surface area contributed by atoms with E-state index in [1.54, 1.807) is 11.3 Å². The quantitative estimate of drug-likeness (QED) is 0.636. The molecule has 13 heavy (non-hydrogen) atoms. The normalized spacial score (nSPS) is 10.3. The van der Waals surface area contributed by atoms with E-state index in [9.17, 15) is 0 Å². The average molecular weight is 187 g/mol. The van der Waals surface area contributed by atoms with Gasteiger partial charge in [0.2, 0.25) is 0 Å². The Kier molecular flexibility index (Phi) is 2.19. The molecule has 0 nitrogen and oxygen atoms in total. The van der Waals surface area contributed by atoms with Crippen molar-refractivity contribution in [1.29, 1.82) is 0 Å². The zero-order valence-corrected chi connectivity index (χ0v) is 8.61. The molecule has 2 rings (SSSR count). The van der Waals surface area contributed by atoms with E-state index < -0.39 is 0 Å². The first kappa shape index (κ1) is 8.52. The second kappa shape index (κ2) is 3.35. The largest absolute Gasteiger partial charge is 0.134 e. The van der Waals surface area contributed by atoms with E-state index in [-0.39, 0.29) is 0 Å². The first-order valence-electron chi connectivity index (χ1n) is 4.30. The maximum absolute atomic E-state index is 3.11. The van der Waals surface area contributed by atoms with Crippen LogP contribution in [0.5, 0.6) is 0 Å². The van der Waals surface area contributed by atoms with Crippen molar-refractivity contribution in [2.45, 2.75) is 13.8 Å². The minimum atomic E-state index is 1.30. The first-order valence-corrected chi connectivity index (χ1v) is 5.12. The third kappa shape index (κ3) is 1.81. The number of hydrogen-bond donors (Lipinski definition) is 0. The SMILES string of the molecule is Cc1cc(C)cc(-c2cc[c]s2)c1. The summed E-state index contributed by atoms with van der Waals surface area (Å²) in [5, 5.41) is 3.11. The maximum atomic E-state index is 3.11. The molecule has 0 saturated carbocycles. The topological polar surface area (TPSA) is 0 Å². The lowest BCUT2D eigenvalue weighted by molar-refractivity contribution is 1.39. The van der Waals surface area contributed by atoms with Gasteiger partial charge >= 0.3 is 0 Å². The Morgan fingerprint density at radius 2 is 1.77 bits per heavy atom. The standard InChI is InChI=1S/C12H11S/c1-9-6-10(2)8-11(7-9)12-4-3-5-13-12/h3-4,6-8H,1-2H3. The van der Waals surface area contributed by atoms with E-state index in [0.29, 0.717) is 0 Å². The van der Waals surface area contributed by atoms with Crippen molar-refractivity contribution >= 4 is 11.3 Å². The van der Waals surface area contributed by atoms with E-state index in [2.05, 4.69) is 43.5 Å². The summed E-state index contributed by atoms with van der Waals surface area (Å²) in [6, 6.07) is 10.7. The summed E-state index contributed by atoms with van der Waals surface area (Å²) in [6.45, 7) is 4.27. The third-order valence-corrected chi connectivity index (χ3v) is 2.82. The van der Waals surface area contributed by atoms with Gasteiger partial charge < -0.3 is 0 Å². The zero-order valence-electron chi connectivity index (χ0n) is 7.79. The molecular weight excluding hydrogens is 176 g/mol. The van der Waals surface area contributed by atoms with Gasteiger partial charge in [-0.3, -0.25) is 0 Å². The summed E-state index contributed by atoms with van der Waals surface area (Å²) >= 11 is 1.67. The van der Waals surface area contributed by atoms with Crippen molar-refractivity contribution in [3.8, 4) is 10.4 Å². The van der Waals surface area contributed by atoms with Crippen molar-refractivity contribution in [2.24, 2.45) is 0 Å². The number of thiophene rings is 1. The summed E-state index contributed by atoms with van der Waals surface area (Å²) in [6.07, 6.45) is 0. The second-order valence-electron chi connectivity index (χ2n) is 3.29. The van der Waals surface area contributed by atoms with Crippen LogP contribution in [0.2, 0.25) is 0 Å². The van der Waals surface area contributed by atoms with Crippen LogP contribution >= 0.6 is 11.3 Å². The third-order valence-electron chi connectivity index (χ3n) is 1.98. The van der Waals surface area contributed by atoms with Gasteiger partial charge in [0.25, 0.3) is 0 Å². The Morgan fingerprint density at radius 3 is 2.31 bits per heavy atom. The molecule has 2 aromatic rings. The molecule has 1 aromatic heterocycles. The highest BCUT2D eigenvalue weighted by molar-refractivity contribution is 7.13. The fourth-order valence-electron chi connectivity index (χ4n) is 1.51. The fourth-order valence-corrected chi connectivity index (χ4v) is 2.15. The van der Waals surface area contributed by atoms with E-state index in [1.807, 2.05) is 6.07 Å². The molecule has 0 N–H and O–H groups in total. The van der Waals surface area contributed by atoms with Crippen LogP contribution in [0.4, 0.5) is 0 Å². The van der Waals surface area contributed by atoms with Gasteiger partial charge in [-0.05, 0) is 31.5 Å². The molecule has 1 aromatic carbocycles. The van der Waals surface area contributed by atoms with Crippen molar-refractivity contribution in [3.05, 3.63) is 46.8 Å². The summed E-state index contributed by atoms with van der Waals surface area (Å²) in [5.41, 5.74) is 3.95.